The molecule has 8 nitrogen and oxygen atoms in total. The number of carbonyl (C=O) groups excluding carboxylic acids is 1. The van der Waals surface area contributed by atoms with Gasteiger partial charge in [0.05, 0.1) is 28.2 Å². The van der Waals surface area contributed by atoms with Crippen molar-refractivity contribution in [2.75, 3.05) is 6.61 Å². The molecule has 0 spiro atoms. The number of amides is 1. The Labute approximate surface area is 191 Å². The molecule has 0 aliphatic rings. The Morgan fingerprint density at radius 3 is 2.61 bits per heavy atom. The van der Waals surface area contributed by atoms with Gasteiger partial charge in [0, 0.05) is 18.1 Å². The summed E-state index contributed by atoms with van der Waals surface area (Å²) in [6.45, 7) is 4.82. The van der Waals surface area contributed by atoms with E-state index in [0.717, 1.165) is 10.9 Å². The first kappa shape index (κ1) is 22.5. The third-order valence-corrected chi connectivity index (χ3v) is 6.71. The minimum atomic E-state index is -3.69. The zero-order chi connectivity index (χ0) is 23.4. The third-order valence-electron chi connectivity index (χ3n) is 4.94. The zero-order valence-electron chi connectivity index (χ0n) is 18.3. The third kappa shape index (κ3) is 5.20. The molecule has 33 heavy (non-hydrogen) atoms. The Morgan fingerprint density at radius 1 is 1.06 bits per heavy atom. The molecule has 4 aromatic rings. The molecule has 2 N–H and O–H groups in total. The number of aromatic nitrogens is 3. The molecule has 0 unspecified atom stereocenters. The summed E-state index contributed by atoms with van der Waals surface area (Å²) in [7, 11) is -3.69. The van der Waals surface area contributed by atoms with Crippen LogP contribution >= 0.6 is 0 Å². The van der Waals surface area contributed by atoms with Crippen molar-refractivity contribution < 1.29 is 17.9 Å². The lowest BCUT2D eigenvalue weighted by molar-refractivity contribution is 0.0950. The van der Waals surface area contributed by atoms with Crippen LogP contribution in [0.2, 0.25) is 0 Å². The number of carbonyl (C=O) groups is 1. The van der Waals surface area contributed by atoms with Crippen LogP contribution in [0.3, 0.4) is 0 Å². The number of nitrogens with one attached hydrogen (secondary N) is 2. The SMILES string of the molecule is CC(C)COc1cccc(S(=O)(=O)c2ccc(CNC(=O)c3cnc4[nH]ncc4c3)cc2)c1. The topological polar surface area (TPSA) is 114 Å². The number of benzene rings is 2. The van der Waals surface area contributed by atoms with Crippen LogP contribution in [0, 0.1) is 5.92 Å². The van der Waals surface area contributed by atoms with E-state index >= 15 is 0 Å². The van der Waals surface area contributed by atoms with Gasteiger partial charge in [-0.25, -0.2) is 13.4 Å². The predicted octanol–water partition coefficient (Wildman–Crippen LogP) is 3.76. The molecular weight excluding hydrogens is 440 g/mol. The molecule has 2 aromatic carbocycles. The van der Waals surface area contributed by atoms with Crippen LogP contribution in [0.25, 0.3) is 11.0 Å². The van der Waals surface area contributed by atoms with Gasteiger partial charge in [0.15, 0.2) is 5.65 Å². The maximum absolute atomic E-state index is 13.0. The second kappa shape index (κ2) is 9.41. The molecule has 1 amide bonds. The first-order chi connectivity index (χ1) is 15.8. The molecular formula is C24H24N4O4S. The number of H-pyrrole nitrogens is 1. The molecule has 0 aliphatic heterocycles. The van der Waals surface area contributed by atoms with Crippen molar-refractivity contribution in [3.05, 3.63) is 78.1 Å². The summed E-state index contributed by atoms with van der Waals surface area (Å²) in [5.74, 6) is 0.579. The number of pyridine rings is 1. The molecule has 0 atom stereocenters. The van der Waals surface area contributed by atoms with Crippen molar-refractivity contribution in [2.45, 2.75) is 30.2 Å². The highest BCUT2D eigenvalue weighted by molar-refractivity contribution is 7.91. The van der Waals surface area contributed by atoms with E-state index in [1.807, 2.05) is 13.8 Å². The Hall–Kier alpha value is -3.72. The highest BCUT2D eigenvalue weighted by Crippen LogP contribution is 2.25. The standard InChI is InChI=1S/C24H24N4O4S/c1-16(2)15-32-20-4-3-5-22(11-20)33(30,31)21-8-6-17(7-9-21)12-26-24(29)19-10-18-14-27-28-23(18)25-13-19/h3-11,13-14,16H,12,15H2,1-2H3,(H,26,29)(H,25,27,28). The fourth-order valence-electron chi connectivity index (χ4n) is 3.16. The summed E-state index contributed by atoms with van der Waals surface area (Å²) in [4.78, 5) is 16.9. The number of aromatic amines is 1. The van der Waals surface area contributed by atoms with Gasteiger partial charge in [-0.3, -0.25) is 9.89 Å². The molecule has 0 bridgehead atoms. The van der Waals surface area contributed by atoms with Crippen LogP contribution in [0.1, 0.15) is 29.8 Å². The van der Waals surface area contributed by atoms with E-state index < -0.39 is 9.84 Å². The van der Waals surface area contributed by atoms with Gasteiger partial charge >= 0.3 is 0 Å². The fourth-order valence-corrected chi connectivity index (χ4v) is 4.46. The molecule has 170 valence electrons. The average molecular weight is 465 g/mol. The highest BCUT2D eigenvalue weighted by atomic mass is 32.2. The molecule has 0 aliphatic carbocycles. The Morgan fingerprint density at radius 2 is 1.85 bits per heavy atom. The lowest BCUT2D eigenvalue weighted by atomic mass is 10.2. The normalized spacial score (nSPS) is 11.6. The van der Waals surface area contributed by atoms with Crippen LogP contribution in [-0.2, 0) is 16.4 Å². The largest absolute Gasteiger partial charge is 0.493 e. The quantitative estimate of drug-likeness (QED) is 0.410. The predicted molar refractivity (Wildman–Crippen MR) is 124 cm³/mol. The maximum Gasteiger partial charge on any atom is 0.253 e. The molecule has 2 heterocycles. The zero-order valence-corrected chi connectivity index (χ0v) is 19.1. The number of rotatable bonds is 8. The lowest BCUT2D eigenvalue weighted by Crippen LogP contribution is -2.22. The summed E-state index contributed by atoms with van der Waals surface area (Å²) in [6, 6.07) is 14.7. The lowest BCUT2D eigenvalue weighted by Gasteiger charge is -2.11. The van der Waals surface area contributed by atoms with Crippen molar-refractivity contribution in [3.63, 3.8) is 0 Å². The Kier molecular flexibility index (Phi) is 6.41. The van der Waals surface area contributed by atoms with Gasteiger partial charge in [-0.05, 0) is 47.9 Å². The van der Waals surface area contributed by atoms with Crippen molar-refractivity contribution in [2.24, 2.45) is 5.92 Å². The maximum atomic E-state index is 13.0. The van der Waals surface area contributed by atoms with Crippen molar-refractivity contribution in [1.29, 1.82) is 0 Å². The molecule has 0 saturated carbocycles. The average Bonchev–Trinajstić information content (AvgIpc) is 3.29. The number of ether oxygens (including phenoxy) is 1. The monoisotopic (exact) mass is 464 g/mol. The second-order valence-corrected chi connectivity index (χ2v) is 9.99. The minimum absolute atomic E-state index is 0.173. The smallest absolute Gasteiger partial charge is 0.253 e. The molecule has 4 rings (SSSR count). The van der Waals surface area contributed by atoms with E-state index in [-0.39, 0.29) is 22.2 Å². The van der Waals surface area contributed by atoms with Gasteiger partial charge in [0.25, 0.3) is 5.91 Å². The summed E-state index contributed by atoms with van der Waals surface area (Å²) in [5.41, 5.74) is 1.80. The van der Waals surface area contributed by atoms with Crippen LogP contribution in [0.5, 0.6) is 5.75 Å². The summed E-state index contributed by atoms with van der Waals surface area (Å²) < 4.78 is 31.7. The van der Waals surface area contributed by atoms with Crippen LogP contribution < -0.4 is 10.1 Å². The summed E-state index contributed by atoms with van der Waals surface area (Å²) >= 11 is 0. The number of hydrogen-bond acceptors (Lipinski definition) is 6. The van der Waals surface area contributed by atoms with Gasteiger partial charge in [0.1, 0.15) is 5.75 Å². The highest BCUT2D eigenvalue weighted by Gasteiger charge is 2.18. The molecule has 2 aromatic heterocycles. The number of hydrogen-bond donors (Lipinski definition) is 2. The first-order valence-corrected chi connectivity index (χ1v) is 12.0. The summed E-state index contributed by atoms with van der Waals surface area (Å²) in [6.07, 6.45) is 3.08. The van der Waals surface area contributed by atoms with Gasteiger partial charge < -0.3 is 10.1 Å². The van der Waals surface area contributed by atoms with Crippen molar-refractivity contribution in [1.82, 2.24) is 20.5 Å². The van der Waals surface area contributed by atoms with E-state index in [1.165, 1.54) is 24.4 Å². The molecule has 0 saturated heterocycles. The minimum Gasteiger partial charge on any atom is -0.493 e. The Bertz CT molecular complexity index is 1380. The van der Waals surface area contributed by atoms with Crippen LogP contribution in [-0.4, -0.2) is 36.1 Å². The van der Waals surface area contributed by atoms with Crippen LogP contribution in [0.15, 0.2) is 76.8 Å². The molecule has 0 radical (unpaired) electrons. The number of sulfone groups is 1. The van der Waals surface area contributed by atoms with E-state index in [0.29, 0.717) is 29.5 Å². The van der Waals surface area contributed by atoms with E-state index in [1.54, 1.807) is 42.6 Å². The Balaban J connectivity index is 1.43. The van der Waals surface area contributed by atoms with Crippen LogP contribution in [0.4, 0.5) is 0 Å². The van der Waals surface area contributed by atoms with E-state index in [9.17, 15) is 13.2 Å². The first-order valence-electron chi connectivity index (χ1n) is 10.5. The second-order valence-electron chi connectivity index (χ2n) is 8.04. The van der Waals surface area contributed by atoms with Gasteiger partial charge in [-0.1, -0.05) is 32.0 Å². The molecule has 0 fully saturated rings. The van der Waals surface area contributed by atoms with Crippen molar-refractivity contribution >= 4 is 26.8 Å². The number of nitrogens with zero attached hydrogens (tertiary/aromatic N) is 2. The van der Waals surface area contributed by atoms with Gasteiger partial charge in [-0.15, -0.1) is 0 Å². The fraction of sp³-hybridized carbons (Fsp3) is 0.208. The number of fused-ring (bicyclic) bond motifs is 1. The van der Waals surface area contributed by atoms with E-state index in [4.69, 9.17) is 4.74 Å². The van der Waals surface area contributed by atoms with Crippen molar-refractivity contribution in [3.8, 4) is 5.75 Å². The molecule has 9 heteroatoms. The summed E-state index contributed by atoms with van der Waals surface area (Å²) in [5, 5.41) is 10.2. The van der Waals surface area contributed by atoms with Gasteiger partial charge in [-0.2, -0.15) is 5.10 Å². The van der Waals surface area contributed by atoms with E-state index in [2.05, 4.69) is 20.5 Å². The van der Waals surface area contributed by atoms with Gasteiger partial charge in [0.2, 0.25) is 9.84 Å².